The summed E-state index contributed by atoms with van der Waals surface area (Å²) in [5.74, 6) is -0.510. The van der Waals surface area contributed by atoms with Gasteiger partial charge in [0, 0.05) is 31.2 Å². The van der Waals surface area contributed by atoms with Gasteiger partial charge in [0.25, 0.3) is 5.91 Å². The SMILES string of the molecule is CC1CNCCN1C(=O)c1ccc(Br)c(F)c1.Cl. The van der Waals surface area contributed by atoms with Crippen LogP contribution in [0.3, 0.4) is 0 Å². The Balaban J connectivity index is 0.00000162. The first kappa shape index (κ1) is 15.4. The average Bonchev–Trinajstić information content (AvgIpc) is 2.32. The molecule has 1 saturated heterocycles. The summed E-state index contributed by atoms with van der Waals surface area (Å²) in [5.41, 5.74) is 0.402. The van der Waals surface area contributed by atoms with Gasteiger partial charge in [-0.25, -0.2) is 4.39 Å². The van der Waals surface area contributed by atoms with E-state index in [4.69, 9.17) is 0 Å². The van der Waals surface area contributed by atoms with Crippen LogP contribution in [-0.4, -0.2) is 36.5 Å². The number of hydrogen-bond donors (Lipinski definition) is 1. The molecule has 1 aliphatic rings. The second-order valence-corrected chi connectivity index (χ2v) is 5.03. The minimum absolute atomic E-state index is 0. The van der Waals surface area contributed by atoms with Crippen molar-refractivity contribution in [1.82, 2.24) is 10.2 Å². The first-order chi connectivity index (χ1) is 8.09. The number of carbonyl (C=O) groups is 1. The monoisotopic (exact) mass is 336 g/mol. The van der Waals surface area contributed by atoms with Crippen molar-refractivity contribution >= 4 is 34.2 Å². The first-order valence-electron chi connectivity index (χ1n) is 5.56. The molecule has 6 heteroatoms. The summed E-state index contributed by atoms with van der Waals surface area (Å²) in [6.45, 7) is 4.22. The number of carbonyl (C=O) groups excluding carboxylic acids is 1. The zero-order valence-corrected chi connectivity index (χ0v) is 12.4. The molecule has 0 aromatic heterocycles. The third kappa shape index (κ3) is 3.22. The summed E-state index contributed by atoms with van der Waals surface area (Å²) in [6.07, 6.45) is 0. The molecule has 100 valence electrons. The maximum atomic E-state index is 13.4. The Hall–Kier alpha value is -0.650. The van der Waals surface area contributed by atoms with Crippen LogP contribution < -0.4 is 5.32 Å². The molecule has 1 heterocycles. The minimum Gasteiger partial charge on any atom is -0.333 e. The largest absolute Gasteiger partial charge is 0.333 e. The van der Waals surface area contributed by atoms with E-state index in [0.29, 0.717) is 16.6 Å². The molecule has 3 nitrogen and oxygen atoms in total. The molecule has 2 rings (SSSR count). The van der Waals surface area contributed by atoms with Crippen LogP contribution in [0.2, 0.25) is 0 Å². The van der Waals surface area contributed by atoms with E-state index in [0.717, 1.165) is 13.1 Å². The van der Waals surface area contributed by atoms with E-state index in [1.165, 1.54) is 6.07 Å². The Kier molecular flexibility index (Phi) is 5.56. The molecular weight excluding hydrogens is 322 g/mol. The second-order valence-electron chi connectivity index (χ2n) is 4.18. The van der Waals surface area contributed by atoms with Crippen LogP contribution in [-0.2, 0) is 0 Å². The maximum absolute atomic E-state index is 13.4. The van der Waals surface area contributed by atoms with Gasteiger partial charge in [-0.05, 0) is 41.1 Å². The lowest BCUT2D eigenvalue weighted by Crippen LogP contribution is -2.52. The fraction of sp³-hybridized carbons (Fsp3) is 0.417. The quantitative estimate of drug-likeness (QED) is 0.854. The predicted molar refractivity (Wildman–Crippen MR) is 74.7 cm³/mol. The normalized spacial score (nSPS) is 19.3. The fourth-order valence-corrected chi connectivity index (χ4v) is 2.18. The van der Waals surface area contributed by atoms with Crippen molar-refractivity contribution in [2.24, 2.45) is 0 Å². The van der Waals surface area contributed by atoms with Crippen molar-refractivity contribution in [2.75, 3.05) is 19.6 Å². The lowest BCUT2D eigenvalue weighted by molar-refractivity contribution is 0.0655. The molecule has 1 unspecified atom stereocenters. The highest BCUT2D eigenvalue weighted by molar-refractivity contribution is 9.10. The van der Waals surface area contributed by atoms with E-state index in [2.05, 4.69) is 21.2 Å². The van der Waals surface area contributed by atoms with Crippen molar-refractivity contribution in [2.45, 2.75) is 13.0 Å². The highest BCUT2D eigenvalue weighted by Gasteiger charge is 2.24. The Morgan fingerprint density at radius 2 is 2.28 bits per heavy atom. The predicted octanol–water partition coefficient (Wildman–Crippen LogP) is 2.44. The lowest BCUT2D eigenvalue weighted by Gasteiger charge is -2.34. The molecule has 1 aromatic carbocycles. The Morgan fingerprint density at radius 3 is 2.89 bits per heavy atom. The van der Waals surface area contributed by atoms with Gasteiger partial charge in [-0.3, -0.25) is 4.79 Å². The molecule has 0 spiro atoms. The molecule has 0 radical (unpaired) electrons. The van der Waals surface area contributed by atoms with Gasteiger partial charge in [0.15, 0.2) is 0 Å². The molecule has 18 heavy (non-hydrogen) atoms. The van der Waals surface area contributed by atoms with Crippen molar-refractivity contribution in [3.05, 3.63) is 34.1 Å². The van der Waals surface area contributed by atoms with Crippen molar-refractivity contribution < 1.29 is 9.18 Å². The number of amides is 1. The van der Waals surface area contributed by atoms with E-state index < -0.39 is 5.82 Å². The number of piperazine rings is 1. The van der Waals surface area contributed by atoms with Crippen molar-refractivity contribution in [1.29, 1.82) is 0 Å². The van der Waals surface area contributed by atoms with E-state index in [1.54, 1.807) is 17.0 Å². The van der Waals surface area contributed by atoms with Gasteiger partial charge in [0.1, 0.15) is 5.82 Å². The summed E-state index contributed by atoms with van der Waals surface area (Å²) in [5, 5.41) is 3.22. The molecule has 1 atom stereocenters. The summed E-state index contributed by atoms with van der Waals surface area (Å²) in [6, 6.07) is 4.63. The van der Waals surface area contributed by atoms with E-state index >= 15 is 0 Å². The van der Waals surface area contributed by atoms with E-state index in [1.807, 2.05) is 6.92 Å². The Morgan fingerprint density at radius 1 is 1.56 bits per heavy atom. The zero-order valence-electron chi connectivity index (χ0n) is 9.95. The Bertz CT molecular complexity index is 444. The van der Waals surface area contributed by atoms with Gasteiger partial charge in [0.05, 0.1) is 4.47 Å². The van der Waals surface area contributed by atoms with E-state index in [-0.39, 0.29) is 24.4 Å². The van der Waals surface area contributed by atoms with Crippen LogP contribution >= 0.6 is 28.3 Å². The van der Waals surface area contributed by atoms with E-state index in [9.17, 15) is 9.18 Å². The maximum Gasteiger partial charge on any atom is 0.254 e. The zero-order chi connectivity index (χ0) is 12.4. The summed E-state index contributed by atoms with van der Waals surface area (Å²) < 4.78 is 13.8. The van der Waals surface area contributed by atoms with Gasteiger partial charge < -0.3 is 10.2 Å². The van der Waals surface area contributed by atoms with Crippen LogP contribution in [0.1, 0.15) is 17.3 Å². The molecular formula is C12H15BrClFN2O. The average molecular weight is 338 g/mol. The van der Waals surface area contributed by atoms with Gasteiger partial charge in [-0.15, -0.1) is 12.4 Å². The number of nitrogens with one attached hydrogen (secondary N) is 1. The molecule has 0 aliphatic carbocycles. The van der Waals surface area contributed by atoms with Gasteiger partial charge >= 0.3 is 0 Å². The third-order valence-corrected chi connectivity index (χ3v) is 3.57. The molecule has 0 bridgehead atoms. The number of nitrogens with zero attached hydrogens (tertiary/aromatic N) is 1. The standard InChI is InChI=1S/C12H14BrFN2O.ClH/c1-8-7-15-4-5-16(8)12(17)9-2-3-10(13)11(14)6-9;/h2-3,6,8,15H,4-5,7H2,1H3;1H. The Labute approximate surface area is 120 Å². The third-order valence-electron chi connectivity index (χ3n) is 2.93. The smallest absolute Gasteiger partial charge is 0.254 e. The van der Waals surface area contributed by atoms with Crippen molar-refractivity contribution in [3.63, 3.8) is 0 Å². The molecule has 1 aromatic rings. The molecule has 1 aliphatic heterocycles. The van der Waals surface area contributed by atoms with Crippen molar-refractivity contribution in [3.8, 4) is 0 Å². The van der Waals surface area contributed by atoms with Crippen LogP contribution in [0.5, 0.6) is 0 Å². The number of halogens is 3. The topological polar surface area (TPSA) is 32.3 Å². The number of hydrogen-bond acceptors (Lipinski definition) is 2. The lowest BCUT2D eigenvalue weighted by atomic mass is 10.1. The summed E-state index contributed by atoms with van der Waals surface area (Å²) >= 11 is 3.08. The van der Waals surface area contributed by atoms with Crippen LogP contribution in [0.4, 0.5) is 4.39 Å². The van der Waals surface area contributed by atoms with Gasteiger partial charge in [-0.1, -0.05) is 0 Å². The number of benzene rings is 1. The highest BCUT2D eigenvalue weighted by Crippen LogP contribution is 2.18. The second kappa shape index (κ2) is 6.50. The summed E-state index contributed by atoms with van der Waals surface area (Å²) in [7, 11) is 0. The van der Waals surface area contributed by atoms with Crippen LogP contribution in [0.25, 0.3) is 0 Å². The summed E-state index contributed by atoms with van der Waals surface area (Å²) in [4.78, 5) is 14.0. The van der Waals surface area contributed by atoms with Gasteiger partial charge in [0.2, 0.25) is 0 Å². The highest BCUT2D eigenvalue weighted by atomic mass is 79.9. The number of rotatable bonds is 1. The van der Waals surface area contributed by atoms with Crippen LogP contribution in [0, 0.1) is 5.82 Å². The molecule has 1 amide bonds. The fourth-order valence-electron chi connectivity index (χ4n) is 1.94. The minimum atomic E-state index is -0.404. The van der Waals surface area contributed by atoms with Crippen LogP contribution in [0.15, 0.2) is 22.7 Å². The molecule has 1 fully saturated rings. The molecule has 0 saturated carbocycles. The molecule has 1 N–H and O–H groups in total. The van der Waals surface area contributed by atoms with Gasteiger partial charge in [-0.2, -0.15) is 0 Å². The first-order valence-corrected chi connectivity index (χ1v) is 6.35.